The lowest BCUT2D eigenvalue weighted by Gasteiger charge is -2.30. The summed E-state index contributed by atoms with van der Waals surface area (Å²) in [7, 11) is 0. The summed E-state index contributed by atoms with van der Waals surface area (Å²) in [5.41, 5.74) is 1.81. The van der Waals surface area contributed by atoms with E-state index < -0.39 is 0 Å². The van der Waals surface area contributed by atoms with Gasteiger partial charge in [0.2, 0.25) is 0 Å². The van der Waals surface area contributed by atoms with Crippen LogP contribution in [-0.2, 0) is 0 Å². The van der Waals surface area contributed by atoms with E-state index in [2.05, 4.69) is 28.9 Å². The first-order valence-electron chi connectivity index (χ1n) is 8.19. The van der Waals surface area contributed by atoms with Crippen LogP contribution in [0.2, 0.25) is 5.15 Å². The molecule has 2 heterocycles. The maximum Gasteiger partial charge on any atom is 0.152 e. The van der Waals surface area contributed by atoms with Gasteiger partial charge < -0.3 is 4.74 Å². The molecular weight excluding hydrogens is 310 g/mol. The molecule has 3 rings (SSSR count). The Morgan fingerprint density at radius 2 is 2.00 bits per heavy atom. The highest BCUT2D eigenvalue weighted by Crippen LogP contribution is 2.26. The Hall–Kier alpha value is -1.65. The SMILES string of the molecule is CCC(Oc1ccc(-c2ccc(Cl)nn2)cc1)N1CCC[C@H]1C. The highest BCUT2D eigenvalue weighted by molar-refractivity contribution is 6.29. The molecular formula is C18H22ClN3O. The lowest BCUT2D eigenvalue weighted by Crippen LogP contribution is -2.41. The van der Waals surface area contributed by atoms with E-state index >= 15 is 0 Å². The van der Waals surface area contributed by atoms with Crippen molar-refractivity contribution in [3.05, 3.63) is 41.6 Å². The second-order valence-electron chi connectivity index (χ2n) is 5.98. The van der Waals surface area contributed by atoms with Crippen LogP contribution in [0.3, 0.4) is 0 Å². The van der Waals surface area contributed by atoms with Crippen molar-refractivity contribution < 1.29 is 4.74 Å². The number of hydrogen-bond acceptors (Lipinski definition) is 4. The number of ether oxygens (including phenoxy) is 1. The van der Waals surface area contributed by atoms with Crippen molar-refractivity contribution in [2.75, 3.05) is 6.54 Å². The van der Waals surface area contributed by atoms with Crippen LogP contribution >= 0.6 is 11.6 Å². The maximum atomic E-state index is 6.20. The van der Waals surface area contributed by atoms with Gasteiger partial charge in [-0.05, 0) is 62.6 Å². The minimum Gasteiger partial charge on any atom is -0.475 e. The zero-order valence-electron chi connectivity index (χ0n) is 13.6. The van der Waals surface area contributed by atoms with Crippen molar-refractivity contribution in [1.82, 2.24) is 15.1 Å². The van der Waals surface area contributed by atoms with Crippen molar-refractivity contribution in [3.63, 3.8) is 0 Å². The van der Waals surface area contributed by atoms with Gasteiger partial charge in [-0.3, -0.25) is 4.90 Å². The van der Waals surface area contributed by atoms with E-state index in [9.17, 15) is 0 Å². The summed E-state index contributed by atoms with van der Waals surface area (Å²) in [6, 6.07) is 12.2. The number of benzene rings is 1. The number of rotatable bonds is 5. The molecule has 0 saturated carbocycles. The Bertz CT molecular complexity index is 630. The van der Waals surface area contributed by atoms with Crippen LogP contribution < -0.4 is 4.74 Å². The van der Waals surface area contributed by atoms with Crippen LogP contribution in [0.15, 0.2) is 36.4 Å². The van der Waals surface area contributed by atoms with Gasteiger partial charge in [0.15, 0.2) is 11.4 Å². The molecule has 122 valence electrons. The van der Waals surface area contributed by atoms with E-state index in [1.807, 2.05) is 30.3 Å². The fourth-order valence-corrected chi connectivity index (χ4v) is 3.20. The second-order valence-corrected chi connectivity index (χ2v) is 6.36. The number of halogens is 1. The summed E-state index contributed by atoms with van der Waals surface area (Å²) in [6.07, 6.45) is 3.64. The van der Waals surface area contributed by atoms with Crippen LogP contribution in [0.1, 0.15) is 33.1 Å². The predicted molar refractivity (Wildman–Crippen MR) is 92.6 cm³/mol. The molecule has 4 nitrogen and oxygen atoms in total. The molecule has 1 fully saturated rings. The molecule has 2 aromatic rings. The fourth-order valence-electron chi connectivity index (χ4n) is 3.10. The highest BCUT2D eigenvalue weighted by atomic mass is 35.5. The molecule has 0 amide bonds. The average molecular weight is 332 g/mol. The Morgan fingerprint density at radius 1 is 1.22 bits per heavy atom. The van der Waals surface area contributed by atoms with Gasteiger partial charge in [0.1, 0.15) is 5.75 Å². The summed E-state index contributed by atoms with van der Waals surface area (Å²) in [5.74, 6) is 0.890. The summed E-state index contributed by atoms with van der Waals surface area (Å²) < 4.78 is 6.20. The molecule has 0 bridgehead atoms. The van der Waals surface area contributed by atoms with Crippen molar-refractivity contribution in [3.8, 4) is 17.0 Å². The van der Waals surface area contributed by atoms with E-state index in [0.29, 0.717) is 11.2 Å². The van der Waals surface area contributed by atoms with Gasteiger partial charge in [-0.1, -0.05) is 18.5 Å². The Labute approximate surface area is 142 Å². The molecule has 1 aromatic carbocycles. The first kappa shape index (κ1) is 16.2. The Balaban J connectivity index is 1.70. The summed E-state index contributed by atoms with van der Waals surface area (Å²) in [5, 5.41) is 8.38. The van der Waals surface area contributed by atoms with E-state index in [0.717, 1.165) is 30.0 Å². The summed E-state index contributed by atoms with van der Waals surface area (Å²) in [6.45, 7) is 5.58. The van der Waals surface area contributed by atoms with Crippen molar-refractivity contribution in [2.24, 2.45) is 0 Å². The fraction of sp³-hybridized carbons (Fsp3) is 0.444. The second kappa shape index (κ2) is 7.28. The summed E-state index contributed by atoms with van der Waals surface area (Å²) >= 11 is 5.77. The molecule has 1 unspecified atom stereocenters. The summed E-state index contributed by atoms with van der Waals surface area (Å²) in [4.78, 5) is 2.46. The smallest absolute Gasteiger partial charge is 0.152 e. The monoisotopic (exact) mass is 331 g/mol. The minimum absolute atomic E-state index is 0.147. The molecule has 1 aliphatic rings. The van der Waals surface area contributed by atoms with Crippen molar-refractivity contribution in [1.29, 1.82) is 0 Å². The predicted octanol–water partition coefficient (Wildman–Crippen LogP) is 4.40. The normalized spacial score (nSPS) is 19.7. The first-order chi connectivity index (χ1) is 11.2. The highest BCUT2D eigenvalue weighted by Gasteiger charge is 2.27. The van der Waals surface area contributed by atoms with Crippen molar-refractivity contribution >= 4 is 11.6 Å². The van der Waals surface area contributed by atoms with Gasteiger partial charge >= 0.3 is 0 Å². The number of aromatic nitrogens is 2. The Morgan fingerprint density at radius 3 is 2.57 bits per heavy atom. The zero-order valence-corrected chi connectivity index (χ0v) is 14.3. The number of likely N-dealkylation sites (tertiary alicyclic amines) is 1. The lowest BCUT2D eigenvalue weighted by atomic mass is 10.1. The molecule has 5 heteroatoms. The third kappa shape index (κ3) is 3.82. The number of nitrogens with zero attached hydrogens (tertiary/aromatic N) is 3. The number of hydrogen-bond donors (Lipinski definition) is 0. The van der Waals surface area contributed by atoms with Crippen molar-refractivity contribution in [2.45, 2.75) is 45.4 Å². The van der Waals surface area contributed by atoms with Crippen LogP contribution in [0, 0.1) is 0 Å². The van der Waals surface area contributed by atoms with Gasteiger partial charge in [-0.15, -0.1) is 10.2 Å². The van der Waals surface area contributed by atoms with Gasteiger partial charge in [-0.25, -0.2) is 0 Å². The maximum absolute atomic E-state index is 6.20. The molecule has 0 spiro atoms. The first-order valence-corrected chi connectivity index (χ1v) is 8.57. The van der Waals surface area contributed by atoms with Gasteiger partial charge in [0.05, 0.1) is 5.69 Å². The molecule has 23 heavy (non-hydrogen) atoms. The molecule has 2 atom stereocenters. The largest absolute Gasteiger partial charge is 0.475 e. The van der Waals surface area contributed by atoms with E-state index in [4.69, 9.17) is 16.3 Å². The molecule has 1 aromatic heterocycles. The van der Waals surface area contributed by atoms with E-state index in [-0.39, 0.29) is 6.23 Å². The minimum atomic E-state index is 0.147. The topological polar surface area (TPSA) is 38.3 Å². The molecule has 1 aliphatic heterocycles. The lowest BCUT2D eigenvalue weighted by molar-refractivity contribution is 0.0176. The van der Waals surface area contributed by atoms with Gasteiger partial charge in [0.25, 0.3) is 0 Å². The van der Waals surface area contributed by atoms with E-state index in [1.54, 1.807) is 6.07 Å². The third-order valence-electron chi connectivity index (χ3n) is 4.38. The Kier molecular flexibility index (Phi) is 5.13. The van der Waals surface area contributed by atoms with Crippen LogP contribution in [0.5, 0.6) is 5.75 Å². The van der Waals surface area contributed by atoms with Gasteiger partial charge in [0, 0.05) is 18.2 Å². The third-order valence-corrected chi connectivity index (χ3v) is 4.58. The van der Waals surface area contributed by atoms with Crippen LogP contribution in [0.25, 0.3) is 11.3 Å². The molecule has 1 saturated heterocycles. The van der Waals surface area contributed by atoms with Gasteiger partial charge in [-0.2, -0.15) is 0 Å². The molecule has 0 N–H and O–H groups in total. The molecule has 0 radical (unpaired) electrons. The van der Waals surface area contributed by atoms with Crippen LogP contribution in [0.4, 0.5) is 0 Å². The quantitative estimate of drug-likeness (QED) is 0.814. The van der Waals surface area contributed by atoms with E-state index in [1.165, 1.54) is 12.8 Å². The molecule has 0 aliphatic carbocycles. The average Bonchev–Trinajstić information content (AvgIpc) is 3.00. The standard InChI is InChI=1S/C18H22ClN3O/c1-3-18(22-12-4-5-13(22)2)23-15-8-6-14(7-9-15)16-10-11-17(19)21-20-16/h6-11,13,18H,3-5,12H2,1-2H3/t13-,18?/m1/s1. The van der Waals surface area contributed by atoms with Crippen LogP contribution in [-0.4, -0.2) is 33.9 Å². The zero-order chi connectivity index (χ0) is 16.2.